The first-order valence-corrected chi connectivity index (χ1v) is 8.90. The van der Waals surface area contributed by atoms with Gasteiger partial charge in [0.25, 0.3) is 0 Å². The fourth-order valence-electron chi connectivity index (χ4n) is 4.19. The van der Waals surface area contributed by atoms with E-state index in [4.69, 9.17) is 0 Å². The summed E-state index contributed by atoms with van der Waals surface area (Å²) in [6.07, 6.45) is 13.3. The van der Waals surface area contributed by atoms with Crippen LogP contribution in [-0.2, 0) is 6.42 Å². The predicted octanol–water partition coefficient (Wildman–Crippen LogP) is 4.98. The van der Waals surface area contributed by atoms with Crippen LogP contribution in [0.4, 0.5) is 0 Å². The quantitative estimate of drug-likeness (QED) is 0.769. The van der Waals surface area contributed by atoms with E-state index in [1.165, 1.54) is 51.4 Å². The highest BCUT2D eigenvalue weighted by Gasteiger charge is 2.31. The van der Waals surface area contributed by atoms with E-state index in [2.05, 4.69) is 42.6 Å². The van der Waals surface area contributed by atoms with E-state index in [0.717, 1.165) is 6.54 Å². The molecule has 2 unspecified atom stereocenters. The molecule has 1 N–H and O–H groups in total. The number of rotatable bonds is 4. The molecule has 2 aliphatic carbocycles. The number of benzene rings is 1. The van der Waals surface area contributed by atoms with E-state index in [1.807, 2.05) is 0 Å². The minimum absolute atomic E-state index is 0.566. The minimum atomic E-state index is 0.566. The fraction of sp³-hybridized carbons (Fsp3) is 0.600. The molecule has 0 spiro atoms. The Balaban J connectivity index is 1.84. The van der Waals surface area contributed by atoms with Gasteiger partial charge in [-0.1, -0.05) is 55.7 Å². The molecule has 0 radical (unpaired) electrons. The number of likely N-dealkylation sites (N-methyl/N-ethyl adjacent to an activating group) is 1. The molecule has 0 saturated carbocycles. The molecule has 21 heavy (non-hydrogen) atoms. The lowest BCUT2D eigenvalue weighted by Crippen LogP contribution is -2.36. The van der Waals surface area contributed by atoms with Crippen molar-refractivity contribution in [1.29, 1.82) is 0 Å². The highest BCUT2D eigenvalue weighted by molar-refractivity contribution is 5.38. The standard InChI is InChI=1S/C20H29N/c1-2-21-20(17-11-6-4-3-5-7-12-17)19-15-14-16-10-8-9-13-18(16)19/h8-11,13,19-21H,2-7,12,14-15H2,1H3/b17-11+. The van der Waals surface area contributed by atoms with Gasteiger partial charge in [-0.05, 0) is 56.2 Å². The molecule has 0 heterocycles. The molecule has 0 fully saturated rings. The number of fused-ring (bicyclic) bond motifs is 1. The zero-order valence-corrected chi connectivity index (χ0v) is 13.4. The summed E-state index contributed by atoms with van der Waals surface area (Å²) in [5.41, 5.74) is 4.88. The number of nitrogens with one attached hydrogen (secondary N) is 1. The van der Waals surface area contributed by atoms with Gasteiger partial charge < -0.3 is 5.32 Å². The smallest absolute Gasteiger partial charge is 0.0348 e. The number of hydrogen-bond acceptors (Lipinski definition) is 1. The van der Waals surface area contributed by atoms with Crippen LogP contribution < -0.4 is 5.32 Å². The highest BCUT2D eigenvalue weighted by atomic mass is 14.9. The maximum absolute atomic E-state index is 3.82. The molecule has 0 saturated heterocycles. The van der Waals surface area contributed by atoms with Crippen LogP contribution in [0, 0.1) is 0 Å². The molecular formula is C20H29N. The third kappa shape index (κ3) is 3.40. The van der Waals surface area contributed by atoms with Crippen LogP contribution in [0.15, 0.2) is 35.9 Å². The molecular weight excluding hydrogens is 254 g/mol. The lowest BCUT2D eigenvalue weighted by Gasteiger charge is -2.29. The van der Waals surface area contributed by atoms with Crippen LogP contribution in [0.5, 0.6) is 0 Å². The lowest BCUT2D eigenvalue weighted by molar-refractivity contribution is 0.463. The summed E-state index contributed by atoms with van der Waals surface area (Å²) in [5.74, 6) is 0.687. The van der Waals surface area contributed by atoms with Crippen molar-refractivity contribution in [3.63, 3.8) is 0 Å². The van der Waals surface area contributed by atoms with E-state index in [9.17, 15) is 0 Å². The second kappa shape index (κ2) is 7.26. The van der Waals surface area contributed by atoms with Gasteiger partial charge in [-0.25, -0.2) is 0 Å². The molecule has 0 amide bonds. The fourth-order valence-corrected chi connectivity index (χ4v) is 4.19. The van der Waals surface area contributed by atoms with Crippen molar-refractivity contribution in [3.05, 3.63) is 47.0 Å². The molecule has 3 rings (SSSR count). The number of allylic oxidation sites excluding steroid dienone is 1. The van der Waals surface area contributed by atoms with E-state index in [-0.39, 0.29) is 0 Å². The van der Waals surface area contributed by atoms with Crippen molar-refractivity contribution < 1.29 is 0 Å². The van der Waals surface area contributed by atoms with E-state index >= 15 is 0 Å². The van der Waals surface area contributed by atoms with Gasteiger partial charge >= 0.3 is 0 Å². The summed E-state index contributed by atoms with van der Waals surface area (Å²) in [6.45, 7) is 3.32. The molecule has 2 aliphatic rings. The number of aryl methyl sites for hydroxylation is 1. The summed E-state index contributed by atoms with van der Waals surface area (Å²) >= 11 is 0. The molecule has 0 aliphatic heterocycles. The van der Waals surface area contributed by atoms with Crippen LogP contribution in [-0.4, -0.2) is 12.6 Å². The average molecular weight is 283 g/mol. The van der Waals surface area contributed by atoms with Crippen LogP contribution in [0.25, 0.3) is 0 Å². The Labute approximate surface area is 129 Å². The van der Waals surface area contributed by atoms with Crippen LogP contribution in [0.3, 0.4) is 0 Å². The predicted molar refractivity (Wildman–Crippen MR) is 90.8 cm³/mol. The van der Waals surface area contributed by atoms with Gasteiger partial charge in [0.15, 0.2) is 0 Å². The Hall–Kier alpha value is -1.08. The van der Waals surface area contributed by atoms with Gasteiger partial charge in [-0.2, -0.15) is 0 Å². The van der Waals surface area contributed by atoms with Crippen LogP contribution in [0.1, 0.15) is 68.9 Å². The van der Waals surface area contributed by atoms with Gasteiger partial charge in [0.05, 0.1) is 0 Å². The summed E-state index contributed by atoms with van der Waals surface area (Å²) in [5, 5.41) is 3.82. The second-order valence-electron chi connectivity index (χ2n) is 6.61. The van der Waals surface area contributed by atoms with Crippen LogP contribution in [0.2, 0.25) is 0 Å². The largest absolute Gasteiger partial charge is 0.310 e. The summed E-state index contributed by atoms with van der Waals surface area (Å²) in [4.78, 5) is 0. The Morgan fingerprint density at radius 2 is 1.95 bits per heavy atom. The lowest BCUT2D eigenvalue weighted by atomic mass is 9.84. The van der Waals surface area contributed by atoms with Crippen molar-refractivity contribution in [2.45, 2.75) is 70.3 Å². The highest BCUT2D eigenvalue weighted by Crippen LogP contribution is 2.38. The normalized spacial score (nSPS) is 26.3. The Morgan fingerprint density at radius 3 is 2.86 bits per heavy atom. The summed E-state index contributed by atoms with van der Waals surface area (Å²) < 4.78 is 0. The Kier molecular flexibility index (Phi) is 5.13. The van der Waals surface area contributed by atoms with Crippen molar-refractivity contribution in [2.24, 2.45) is 0 Å². The van der Waals surface area contributed by atoms with E-state index in [0.29, 0.717) is 12.0 Å². The maximum atomic E-state index is 3.82. The zero-order valence-electron chi connectivity index (χ0n) is 13.4. The molecule has 1 aromatic carbocycles. The van der Waals surface area contributed by atoms with Gasteiger partial charge in [0.2, 0.25) is 0 Å². The van der Waals surface area contributed by atoms with Crippen molar-refractivity contribution in [2.75, 3.05) is 6.54 Å². The molecule has 1 heteroatoms. The van der Waals surface area contributed by atoms with Gasteiger partial charge in [-0.15, -0.1) is 0 Å². The van der Waals surface area contributed by atoms with Crippen molar-refractivity contribution in [1.82, 2.24) is 5.32 Å². The van der Waals surface area contributed by atoms with Gasteiger partial charge in [-0.3, -0.25) is 0 Å². The first-order chi connectivity index (χ1) is 10.4. The second-order valence-corrected chi connectivity index (χ2v) is 6.61. The summed E-state index contributed by atoms with van der Waals surface area (Å²) in [7, 11) is 0. The maximum Gasteiger partial charge on any atom is 0.0348 e. The Morgan fingerprint density at radius 1 is 1.10 bits per heavy atom. The van der Waals surface area contributed by atoms with E-state index in [1.54, 1.807) is 16.7 Å². The summed E-state index contributed by atoms with van der Waals surface area (Å²) in [6, 6.07) is 9.66. The molecule has 1 aromatic rings. The Bertz CT molecular complexity index is 488. The van der Waals surface area contributed by atoms with Gasteiger partial charge in [0, 0.05) is 12.0 Å². The third-order valence-electron chi connectivity index (χ3n) is 5.23. The SMILES string of the molecule is CCNC(/C1=C/CCCCCC1)C1CCc2ccccc21. The minimum Gasteiger partial charge on any atom is -0.310 e. The molecule has 0 aromatic heterocycles. The average Bonchev–Trinajstić information content (AvgIpc) is 2.89. The molecule has 114 valence electrons. The first-order valence-electron chi connectivity index (χ1n) is 8.90. The first kappa shape index (κ1) is 14.8. The number of hydrogen-bond donors (Lipinski definition) is 1. The topological polar surface area (TPSA) is 12.0 Å². The monoisotopic (exact) mass is 283 g/mol. The molecule has 1 nitrogen and oxygen atoms in total. The van der Waals surface area contributed by atoms with Crippen molar-refractivity contribution in [3.8, 4) is 0 Å². The molecule has 0 bridgehead atoms. The van der Waals surface area contributed by atoms with Gasteiger partial charge in [0.1, 0.15) is 0 Å². The van der Waals surface area contributed by atoms with Crippen LogP contribution >= 0.6 is 0 Å². The van der Waals surface area contributed by atoms with E-state index < -0.39 is 0 Å². The zero-order chi connectivity index (χ0) is 14.5. The third-order valence-corrected chi connectivity index (χ3v) is 5.23. The molecule has 2 atom stereocenters. The van der Waals surface area contributed by atoms with Crippen molar-refractivity contribution >= 4 is 0 Å².